The van der Waals surface area contributed by atoms with Crippen LogP contribution in [-0.4, -0.2) is 33.9 Å². The maximum Gasteiger partial charge on any atom is 0.316 e. The number of benzene rings is 2. The Labute approximate surface area is 246 Å². The molecule has 0 atom stereocenters. The molecular formula is C29H28Cl2F2N6O2. The van der Waals surface area contributed by atoms with Gasteiger partial charge in [-0.05, 0) is 36.6 Å². The number of aromatic nitrogens is 3. The molecule has 0 saturated heterocycles. The molecule has 0 unspecified atom stereocenters. The van der Waals surface area contributed by atoms with Crippen molar-refractivity contribution in [3.05, 3.63) is 81.1 Å². The Hall–Kier alpha value is -3.89. The van der Waals surface area contributed by atoms with Gasteiger partial charge in [0.25, 0.3) is 0 Å². The van der Waals surface area contributed by atoms with Crippen LogP contribution < -0.4 is 20.7 Å². The number of nitrogens with two attached hydrogens (primary N) is 1. The lowest BCUT2D eigenvalue weighted by molar-refractivity contribution is 0.259. The number of nitrogens with one attached hydrogen (secondary N) is 1. The van der Waals surface area contributed by atoms with Crippen molar-refractivity contribution in [1.82, 2.24) is 14.8 Å². The SMILES string of the molecule is Cc1cccc(OCC(C)C)c1-n1nc2c(c1-c1cc(F)c(NC(N)=O)cc1F)CN(c1ncc(Cl)cc1Cl)CC2. The van der Waals surface area contributed by atoms with Gasteiger partial charge < -0.3 is 20.7 Å². The maximum absolute atomic E-state index is 15.8. The highest BCUT2D eigenvalue weighted by atomic mass is 35.5. The number of fused-ring (bicyclic) bond motifs is 1. The number of carbonyl (C=O) groups is 1. The number of nitrogens with zero attached hydrogens (tertiary/aromatic N) is 4. The molecule has 2 amide bonds. The van der Waals surface area contributed by atoms with Crippen LogP contribution in [0.3, 0.4) is 0 Å². The Balaban J connectivity index is 1.72. The number of hydrogen-bond acceptors (Lipinski definition) is 5. The fraction of sp³-hybridized carbons (Fsp3) is 0.276. The van der Waals surface area contributed by atoms with Crippen molar-refractivity contribution in [1.29, 1.82) is 0 Å². The molecule has 0 saturated carbocycles. The molecule has 3 heterocycles. The van der Waals surface area contributed by atoms with Gasteiger partial charge in [0.05, 0.1) is 33.7 Å². The van der Waals surface area contributed by atoms with Crippen molar-refractivity contribution in [2.75, 3.05) is 23.4 Å². The maximum atomic E-state index is 15.8. The number of pyridine rings is 1. The van der Waals surface area contributed by atoms with Gasteiger partial charge in [-0.2, -0.15) is 5.10 Å². The summed E-state index contributed by atoms with van der Waals surface area (Å²) in [5, 5.41) is 7.80. The zero-order chi connectivity index (χ0) is 29.4. The van der Waals surface area contributed by atoms with E-state index in [0.717, 1.165) is 23.4 Å². The zero-order valence-corrected chi connectivity index (χ0v) is 24.2. The number of para-hydroxylation sites is 1. The fourth-order valence-corrected chi connectivity index (χ4v) is 5.37. The van der Waals surface area contributed by atoms with Gasteiger partial charge in [0.1, 0.15) is 28.9 Å². The number of anilines is 2. The topological polar surface area (TPSA) is 98.3 Å². The highest BCUT2D eigenvalue weighted by Gasteiger charge is 2.31. The Morgan fingerprint density at radius 2 is 1.98 bits per heavy atom. The Bertz CT molecular complexity index is 1640. The van der Waals surface area contributed by atoms with Crippen LogP contribution in [0.15, 0.2) is 42.6 Å². The molecule has 3 N–H and O–H groups in total. The lowest BCUT2D eigenvalue weighted by Gasteiger charge is -2.28. The Kier molecular flexibility index (Phi) is 8.06. The summed E-state index contributed by atoms with van der Waals surface area (Å²) in [5.41, 5.74) is 7.93. The van der Waals surface area contributed by atoms with Gasteiger partial charge in [-0.3, -0.25) is 0 Å². The molecule has 214 valence electrons. The van der Waals surface area contributed by atoms with Gasteiger partial charge in [-0.1, -0.05) is 49.2 Å². The first kappa shape index (κ1) is 28.6. The quantitative estimate of drug-likeness (QED) is 0.240. The van der Waals surface area contributed by atoms with Gasteiger partial charge in [0, 0.05) is 42.9 Å². The average Bonchev–Trinajstić information content (AvgIpc) is 3.27. The van der Waals surface area contributed by atoms with E-state index in [1.165, 1.54) is 6.20 Å². The smallest absolute Gasteiger partial charge is 0.316 e. The van der Waals surface area contributed by atoms with Crippen LogP contribution in [0.2, 0.25) is 10.0 Å². The van der Waals surface area contributed by atoms with E-state index in [1.807, 2.05) is 43.9 Å². The third kappa shape index (κ3) is 5.80. The van der Waals surface area contributed by atoms with Crippen molar-refractivity contribution in [3.8, 4) is 22.7 Å². The lowest BCUT2D eigenvalue weighted by Crippen LogP contribution is -2.31. The Morgan fingerprint density at radius 1 is 1.20 bits per heavy atom. The van der Waals surface area contributed by atoms with E-state index >= 15 is 8.78 Å². The molecule has 2 aromatic carbocycles. The Morgan fingerprint density at radius 3 is 2.68 bits per heavy atom. The molecule has 1 aliphatic heterocycles. The number of carbonyl (C=O) groups excluding carboxylic acids is 1. The van der Waals surface area contributed by atoms with Crippen molar-refractivity contribution in [2.24, 2.45) is 11.7 Å². The second-order valence-corrected chi connectivity index (χ2v) is 11.1. The molecule has 0 radical (unpaired) electrons. The van der Waals surface area contributed by atoms with Crippen LogP contribution in [0, 0.1) is 24.5 Å². The van der Waals surface area contributed by atoms with E-state index in [0.29, 0.717) is 58.1 Å². The van der Waals surface area contributed by atoms with Crippen LogP contribution in [-0.2, 0) is 13.0 Å². The lowest BCUT2D eigenvalue weighted by atomic mass is 9.99. The molecule has 12 heteroatoms. The van der Waals surface area contributed by atoms with Crippen LogP contribution in [0.5, 0.6) is 5.75 Å². The number of hydrogen-bond donors (Lipinski definition) is 2. The van der Waals surface area contributed by atoms with Crippen molar-refractivity contribution >= 4 is 40.7 Å². The van der Waals surface area contributed by atoms with Crippen molar-refractivity contribution < 1.29 is 18.3 Å². The summed E-state index contributed by atoms with van der Waals surface area (Å²) in [5.74, 6) is -0.275. The standard InChI is InChI=1S/C29H28Cl2F2N6O2/c1-15(2)14-41-25-6-4-5-16(3)26(25)39-27(18-10-22(33)24(11-21(18)32)36-29(34)40)19-13-38(8-7-23(19)37-39)28-20(31)9-17(30)12-35-28/h4-6,9-12,15H,7-8,13-14H2,1-3H3,(H3,34,36,40). The number of halogens is 4. The number of ether oxygens (including phenoxy) is 1. The van der Waals surface area contributed by atoms with E-state index in [4.69, 9.17) is 38.8 Å². The van der Waals surface area contributed by atoms with Gasteiger partial charge in [0.2, 0.25) is 0 Å². The molecule has 4 aromatic rings. The summed E-state index contributed by atoms with van der Waals surface area (Å²) >= 11 is 12.5. The first-order valence-electron chi connectivity index (χ1n) is 13.0. The molecular weight excluding hydrogens is 573 g/mol. The van der Waals surface area contributed by atoms with Crippen LogP contribution in [0.1, 0.15) is 30.7 Å². The third-order valence-corrected chi connectivity index (χ3v) is 7.16. The van der Waals surface area contributed by atoms with Crippen LogP contribution >= 0.6 is 23.2 Å². The number of urea groups is 1. The molecule has 5 rings (SSSR count). The molecule has 41 heavy (non-hydrogen) atoms. The van der Waals surface area contributed by atoms with Crippen LogP contribution in [0.25, 0.3) is 16.9 Å². The fourth-order valence-electron chi connectivity index (χ4n) is 4.87. The molecule has 2 aromatic heterocycles. The highest BCUT2D eigenvalue weighted by Crippen LogP contribution is 2.40. The van der Waals surface area contributed by atoms with E-state index in [9.17, 15) is 4.79 Å². The predicted molar refractivity (Wildman–Crippen MR) is 156 cm³/mol. The third-order valence-electron chi connectivity index (χ3n) is 6.68. The second kappa shape index (κ2) is 11.5. The van der Waals surface area contributed by atoms with Gasteiger partial charge in [0.15, 0.2) is 0 Å². The summed E-state index contributed by atoms with van der Waals surface area (Å²) in [7, 11) is 0. The first-order chi connectivity index (χ1) is 19.5. The summed E-state index contributed by atoms with van der Waals surface area (Å²) in [6, 6.07) is 8.15. The molecule has 0 bridgehead atoms. The minimum Gasteiger partial charge on any atom is -0.491 e. The molecule has 0 aliphatic carbocycles. The molecule has 0 fully saturated rings. The average molecular weight is 601 g/mol. The molecule has 8 nitrogen and oxygen atoms in total. The summed E-state index contributed by atoms with van der Waals surface area (Å²) in [6.45, 7) is 7.26. The van der Waals surface area contributed by atoms with Gasteiger partial charge >= 0.3 is 6.03 Å². The normalized spacial score (nSPS) is 12.9. The highest BCUT2D eigenvalue weighted by molar-refractivity contribution is 6.36. The monoisotopic (exact) mass is 600 g/mol. The number of primary amides is 1. The first-order valence-corrected chi connectivity index (χ1v) is 13.7. The zero-order valence-electron chi connectivity index (χ0n) is 22.6. The van der Waals surface area contributed by atoms with E-state index in [-0.39, 0.29) is 23.7 Å². The van der Waals surface area contributed by atoms with Gasteiger partial charge in [-0.25, -0.2) is 23.2 Å². The van der Waals surface area contributed by atoms with E-state index < -0.39 is 17.7 Å². The predicted octanol–water partition coefficient (Wildman–Crippen LogP) is 6.92. The molecule has 1 aliphatic rings. The van der Waals surface area contributed by atoms with Crippen molar-refractivity contribution in [2.45, 2.75) is 33.7 Å². The van der Waals surface area contributed by atoms with Crippen molar-refractivity contribution in [3.63, 3.8) is 0 Å². The van der Waals surface area contributed by atoms with Crippen LogP contribution in [0.4, 0.5) is 25.1 Å². The van der Waals surface area contributed by atoms with E-state index in [2.05, 4.69) is 10.3 Å². The number of amides is 2. The minimum atomic E-state index is -1.01. The van der Waals surface area contributed by atoms with Gasteiger partial charge in [-0.15, -0.1) is 0 Å². The van der Waals surface area contributed by atoms with E-state index in [1.54, 1.807) is 10.7 Å². The second-order valence-electron chi connectivity index (χ2n) is 10.2. The minimum absolute atomic E-state index is 0.0404. The largest absolute Gasteiger partial charge is 0.491 e. The number of aryl methyl sites for hydroxylation is 1. The summed E-state index contributed by atoms with van der Waals surface area (Å²) < 4.78 is 38.8. The molecule has 0 spiro atoms. The number of rotatable bonds is 7. The summed E-state index contributed by atoms with van der Waals surface area (Å²) in [6.07, 6.45) is 2.00. The summed E-state index contributed by atoms with van der Waals surface area (Å²) in [4.78, 5) is 17.7.